The van der Waals surface area contributed by atoms with Crippen molar-refractivity contribution in [2.75, 3.05) is 6.61 Å². The van der Waals surface area contributed by atoms with Crippen LogP contribution in [0.4, 0.5) is 0 Å². The van der Waals surface area contributed by atoms with Crippen molar-refractivity contribution < 1.29 is 14.3 Å². The van der Waals surface area contributed by atoms with Gasteiger partial charge in [-0.1, -0.05) is 6.07 Å². The number of aromatic nitrogens is 3. The zero-order valence-corrected chi connectivity index (χ0v) is 13.1. The SMILES string of the molecule is CCOc1cccc(C=Nn2c(-c3ccco3)n[nH]c2=S)c1O. The van der Waals surface area contributed by atoms with E-state index in [0.717, 1.165) is 0 Å². The molecule has 3 rings (SSSR count). The van der Waals surface area contributed by atoms with Crippen molar-refractivity contribution in [3.05, 3.63) is 46.9 Å². The highest BCUT2D eigenvalue weighted by Crippen LogP contribution is 2.28. The Bertz CT molecular complexity index is 881. The number of furan rings is 1. The number of hydrogen-bond acceptors (Lipinski definition) is 6. The van der Waals surface area contributed by atoms with Crippen LogP contribution in [0.2, 0.25) is 0 Å². The number of benzene rings is 1. The molecule has 118 valence electrons. The molecule has 0 fully saturated rings. The van der Waals surface area contributed by atoms with Gasteiger partial charge in [0.2, 0.25) is 10.6 Å². The monoisotopic (exact) mass is 330 g/mol. The lowest BCUT2D eigenvalue weighted by Crippen LogP contribution is -1.96. The lowest BCUT2D eigenvalue weighted by atomic mass is 10.2. The predicted octanol–water partition coefficient (Wildman–Crippen LogP) is 3.19. The van der Waals surface area contributed by atoms with E-state index in [0.29, 0.717) is 34.3 Å². The second-order valence-electron chi connectivity index (χ2n) is 4.51. The lowest BCUT2D eigenvalue weighted by molar-refractivity contribution is 0.318. The van der Waals surface area contributed by atoms with Crippen molar-refractivity contribution in [2.45, 2.75) is 6.92 Å². The fourth-order valence-electron chi connectivity index (χ4n) is 2.00. The average Bonchev–Trinajstić information content (AvgIpc) is 3.18. The molecule has 0 amide bonds. The van der Waals surface area contributed by atoms with Gasteiger partial charge in [0, 0.05) is 5.56 Å². The van der Waals surface area contributed by atoms with Crippen LogP contribution in [0.15, 0.2) is 46.1 Å². The van der Waals surface area contributed by atoms with Crippen LogP contribution >= 0.6 is 12.2 Å². The number of nitrogens with one attached hydrogen (secondary N) is 1. The van der Waals surface area contributed by atoms with Gasteiger partial charge in [-0.2, -0.15) is 9.78 Å². The molecule has 0 unspecified atom stereocenters. The number of ether oxygens (including phenoxy) is 1. The summed E-state index contributed by atoms with van der Waals surface area (Å²) in [5, 5.41) is 21.2. The molecule has 0 saturated heterocycles. The molecule has 3 aromatic rings. The number of phenolic OH excluding ortho intramolecular Hbond substituents is 1. The van der Waals surface area contributed by atoms with Gasteiger partial charge in [-0.25, -0.2) is 5.10 Å². The summed E-state index contributed by atoms with van der Waals surface area (Å²) in [7, 11) is 0. The number of phenols is 1. The summed E-state index contributed by atoms with van der Waals surface area (Å²) in [6, 6.07) is 8.68. The van der Waals surface area contributed by atoms with Gasteiger partial charge in [-0.15, -0.1) is 5.10 Å². The standard InChI is InChI=1S/C15H14N4O3S/c1-2-21-11-6-3-5-10(13(11)20)9-16-19-14(17-18-15(19)23)12-7-4-8-22-12/h3-9,20H,2H2,1H3,(H,18,23). The van der Waals surface area contributed by atoms with E-state index >= 15 is 0 Å². The fraction of sp³-hybridized carbons (Fsp3) is 0.133. The topological polar surface area (TPSA) is 88.6 Å². The van der Waals surface area contributed by atoms with Crippen molar-refractivity contribution in [1.82, 2.24) is 14.9 Å². The smallest absolute Gasteiger partial charge is 0.219 e. The van der Waals surface area contributed by atoms with Crippen LogP contribution in [0.5, 0.6) is 11.5 Å². The molecule has 0 bridgehead atoms. The molecule has 7 nitrogen and oxygen atoms in total. The molecule has 0 atom stereocenters. The quantitative estimate of drug-likeness (QED) is 0.554. The van der Waals surface area contributed by atoms with Crippen LogP contribution in [0, 0.1) is 4.77 Å². The van der Waals surface area contributed by atoms with Gasteiger partial charge >= 0.3 is 0 Å². The Morgan fingerprint density at radius 1 is 1.43 bits per heavy atom. The Labute approximate surface area is 136 Å². The van der Waals surface area contributed by atoms with Crippen molar-refractivity contribution in [2.24, 2.45) is 5.10 Å². The van der Waals surface area contributed by atoms with Gasteiger partial charge < -0.3 is 14.3 Å². The minimum absolute atomic E-state index is 0.0210. The number of nitrogens with zero attached hydrogens (tertiary/aromatic N) is 3. The summed E-state index contributed by atoms with van der Waals surface area (Å²) < 4.78 is 12.4. The second-order valence-corrected chi connectivity index (χ2v) is 4.90. The van der Waals surface area contributed by atoms with E-state index in [4.69, 9.17) is 21.4 Å². The minimum atomic E-state index is 0.0210. The first kappa shape index (κ1) is 15.0. The van der Waals surface area contributed by atoms with Gasteiger partial charge in [-0.3, -0.25) is 0 Å². The maximum atomic E-state index is 10.2. The molecule has 2 aromatic heterocycles. The first-order chi connectivity index (χ1) is 11.2. The summed E-state index contributed by atoms with van der Waals surface area (Å²) in [5.74, 6) is 1.39. The highest BCUT2D eigenvalue weighted by Gasteiger charge is 2.11. The van der Waals surface area contributed by atoms with Gasteiger partial charge in [-0.05, 0) is 43.4 Å². The fourth-order valence-corrected chi connectivity index (χ4v) is 2.18. The minimum Gasteiger partial charge on any atom is -0.504 e. The van der Waals surface area contributed by atoms with Gasteiger partial charge in [0.05, 0.1) is 19.1 Å². The summed E-state index contributed by atoms with van der Waals surface area (Å²) in [4.78, 5) is 0. The number of aromatic amines is 1. The van der Waals surface area contributed by atoms with Gasteiger partial charge in [0.15, 0.2) is 17.3 Å². The van der Waals surface area contributed by atoms with Crippen LogP contribution in [0.3, 0.4) is 0 Å². The molecule has 0 saturated carbocycles. The normalized spacial score (nSPS) is 11.2. The number of hydrogen-bond donors (Lipinski definition) is 2. The highest BCUT2D eigenvalue weighted by atomic mass is 32.1. The van der Waals surface area contributed by atoms with Crippen LogP contribution in [-0.4, -0.2) is 32.8 Å². The predicted molar refractivity (Wildman–Crippen MR) is 87.4 cm³/mol. The molecule has 0 aliphatic rings. The summed E-state index contributed by atoms with van der Waals surface area (Å²) >= 11 is 5.16. The van der Waals surface area contributed by atoms with Crippen molar-refractivity contribution in [3.63, 3.8) is 0 Å². The molecule has 0 aliphatic carbocycles. The van der Waals surface area contributed by atoms with Gasteiger partial charge in [0.1, 0.15) is 0 Å². The maximum absolute atomic E-state index is 10.2. The third kappa shape index (κ3) is 3.02. The summed E-state index contributed by atoms with van der Waals surface area (Å²) in [5.41, 5.74) is 0.504. The van der Waals surface area contributed by atoms with E-state index < -0.39 is 0 Å². The summed E-state index contributed by atoms with van der Waals surface area (Å²) in [6.45, 7) is 2.31. The van der Waals surface area contributed by atoms with E-state index in [1.807, 2.05) is 6.92 Å². The number of aromatic hydroxyl groups is 1. The van der Waals surface area contributed by atoms with Crippen molar-refractivity contribution >= 4 is 18.4 Å². The molecule has 0 spiro atoms. The first-order valence-electron chi connectivity index (χ1n) is 6.91. The summed E-state index contributed by atoms with van der Waals surface area (Å²) in [6.07, 6.45) is 3.02. The van der Waals surface area contributed by atoms with Crippen molar-refractivity contribution in [1.29, 1.82) is 0 Å². The molecule has 0 aliphatic heterocycles. The first-order valence-corrected chi connectivity index (χ1v) is 7.32. The zero-order chi connectivity index (χ0) is 16.2. The Hall–Kier alpha value is -2.87. The van der Waals surface area contributed by atoms with E-state index in [9.17, 15) is 5.11 Å². The Morgan fingerprint density at radius 3 is 3.04 bits per heavy atom. The molecule has 1 aromatic carbocycles. The third-order valence-electron chi connectivity index (χ3n) is 3.03. The van der Waals surface area contributed by atoms with E-state index in [2.05, 4.69) is 15.3 Å². The van der Waals surface area contributed by atoms with Crippen molar-refractivity contribution in [3.8, 4) is 23.1 Å². The van der Waals surface area contributed by atoms with Gasteiger partial charge in [0.25, 0.3) is 0 Å². The van der Waals surface area contributed by atoms with Crippen LogP contribution in [-0.2, 0) is 0 Å². The zero-order valence-electron chi connectivity index (χ0n) is 12.3. The van der Waals surface area contributed by atoms with E-state index in [1.54, 1.807) is 36.6 Å². The molecular weight excluding hydrogens is 316 g/mol. The molecule has 2 heterocycles. The Balaban J connectivity index is 1.97. The van der Waals surface area contributed by atoms with Crippen LogP contribution in [0.1, 0.15) is 12.5 Å². The third-order valence-corrected chi connectivity index (χ3v) is 3.30. The molecule has 0 radical (unpaired) electrons. The largest absolute Gasteiger partial charge is 0.504 e. The van der Waals surface area contributed by atoms with E-state index in [-0.39, 0.29) is 5.75 Å². The lowest BCUT2D eigenvalue weighted by Gasteiger charge is -2.07. The number of H-pyrrole nitrogens is 1. The molecule has 8 heteroatoms. The average molecular weight is 330 g/mol. The van der Waals surface area contributed by atoms with Crippen LogP contribution < -0.4 is 4.74 Å². The second kappa shape index (κ2) is 6.49. The number of para-hydroxylation sites is 1. The molecule has 23 heavy (non-hydrogen) atoms. The van der Waals surface area contributed by atoms with E-state index in [1.165, 1.54) is 10.9 Å². The molecular formula is C15H14N4O3S. The highest BCUT2D eigenvalue weighted by molar-refractivity contribution is 7.71. The Kier molecular flexibility index (Phi) is 4.24. The van der Waals surface area contributed by atoms with Crippen LogP contribution in [0.25, 0.3) is 11.6 Å². The molecule has 2 N–H and O–H groups in total. The maximum Gasteiger partial charge on any atom is 0.219 e. The number of rotatable bonds is 5. The Morgan fingerprint density at radius 2 is 2.30 bits per heavy atom.